The third-order valence-electron chi connectivity index (χ3n) is 1.26. The molecule has 0 aromatic rings. The zero-order valence-electron chi connectivity index (χ0n) is 7.95. The second-order valence-corrected chi connectivity index (χ2v) is 2.48. The molecule has 0 aliphatic heterocycles. The van der Waals surface area contributed by atoms with E-state index in [1.807, 2.05) is 19.0 Å². The molecule has 0 aliphatic rings. The Hall–Kier alpha value is -0.870. The van der Waals surface area contributed by atoms with Gasteiger partial charge in [-0.1, -0.05) is 13.5 Å². The molecule has 0 aromatic carbocycles. The minimum Gasteiger partial charge on any atom is -0.478 e. The Morgan fingerprint density at radius 3 is 2.08 bits per heavy atom. The lowest BCUT2D eigenvalue weighted by atomic mass is 10.4. The number of rotatable bonds is 3. The summed E-state index contributed by atoms with van der Waals surface area (Å²) in [6.07, 6.45) is 2.09. The summed E-state index contributed by atoms with van der Waals surface area (Å²) in [6.45, 7) is 5.03. The molecule has 0 spiro atoms. The third kappa shape index (κ3) is 11.9. The quantitative estimate of drug-likeness (QED) is 0.483. The molecule has 1 unspecified atom stereocenters. The molecule has 0 aromatic heterocycles. The molecule has 0 aliphatic carbocycles. The van der Waals surface area contributed by atoms with Gasteiger partial charge in [-0.05, 0) is 20.5 Å². The maximum absolute atomic E-state index is 9.25. The van der Waals surface area contributed by atoms with Crippen molar-refractivity contribution in [1.29, 1.82) is 0 Å². The van der Waals surface area contributed by atoms with Crippen LogP contribution in [-0.2, 0) is 4.79 Å². The van der Waals surface area contributed by atoms with Crippen LogP contribution in [0.25, 0.3) is 0 Å². The first-order chi connectivity index (χ1) is 5.45. The summed E-state index contributed by atoms with van der Waals surface area (Å²) in [6, 6.07) is 0. The van der Waals surface area contributed by atoms with Gasteiger partial charge in [0.15, 0.2) is 0 Å². The van der Waals surface area contributed by atoms with Crippen molar-refractivity contribution in [2.75, 3.05) is 14.1 Å². The number of hydrogen-bond donors (Lipinski definition) is 2. The van der Waals surface area contributed by atoms with Crippen molar-refractivity contribution in [1.82, 2.24) is 4.90 Å². The molecule has 0 fully saturated rings. The van der Waals surface area contributed by atoms with Crippen molar-refractivity contribution in [2.45, 2.75) is 19.5 Å². The van der Waals surface area contributed by atoms with Gasteiger partial charge in [-0.2, -0.15) is 0 Å². The maximum Gasteiger partial charge on any atom is 0.327 e. The monoisotopic (exact) mass is 174 g/mol. The summed E-state index contributed by atoms with van der Waals surface area (Å²) in [5.74, 6) is -0.981. The van der Waals surface area contributed by atoms with E-state index in [4.69, 9.17) is 10.8 Å². The largest absolute Gasteiger partial charge is 0.478 e. The first-order valence-corrected chi connectivity index (χ1v) is 3.73. The number of hydrogen-bond acceptors (Lipinski definition) is 3. The van der Waals surface area contributed by atoms with Gasteiger partial charge in [0, 0.05) is 6.08 Å². The predicted molar refractivity (Wildman–Crippen MR) is 49.8 cm³/mol. The van der Waals surface area contributed by atoms with Crippen LogP contribution in [0.4, 0.5) is 0 Å². The number of carbonyl (C=O) groups is 1. The average molecular weight is 174 g/mol. The highest BCUT2D eigenvalue weighted by atomic mass is 16.4. The number of carboxylic acid groups (broad SMARTS) is 1. The normalized spacial score (nSPS) is 11.4. The smallest absolute Gasteiger partial charge is 0.327 e. The fourth-order valence-corrected chi connectivity index (χ4v) is 0.365. The van der Waals surface area contributed by atoms with Crippen LogP contribution >= 0.6 is 0 Å². The minimum absolute atomic E-state index is 0.236. The van der Waals surface area contributed by atoms with Gasteiger partial charge in [0.25, 0.3) is 0 Å². The van der Waals surface area contributed by atoms with Crippen LogP contribution in [0.1, 0.15) is 13.3 Å². The molecular formula is C8H18N2O2. The molecule has 0 heterocycles. The molecule has 4 heteroatoms. The van der Waals surface area contributed by atoms with Crippen molar-refractivity contribution in [3.8, 4) is 0 Å². The standard InChI is InChI=1S/C5H14N2.C3H4O2/c1-4-5(6)7(2)3;1-2-3(4)5/h5H,4,6H2,1-3H3;2H,1H2,(H,4,5). The van der Waals surface area contributed by atoms with Crippen LogP contribution in [-0.4, -0.2) is 36.2 Å². The van der Waals surface area contributed by atoms with Gasteiger partial charge in [-0.3, -0.25) is 4.90 Å². The third-order valence-corrected chi connectivity index (χ3v) is 1.26. The van der Waals surface area contributed by atoms with Crippen LogP contribution < -0.4 is 5.73 Å². The molecule has 0 saturated carbocycles. The van der Waals surface area contributed by atoms with E-state index in [9.17, 15) is 4.79 Å². The summed E-state index contributed by atoms with van der Waals surface area (Å²) in [5.41, 5.74) is 5.54. The molecule has 72 valence electrons. The number of carboxylic acids is 1. The van der Waals surface area contributed by atoms with Crippen molar-refractivity contribution in [2.24, 2.45) is 5.73 Å². The van der Waals surface area contributed by atoms with Crippen LogP contribution in [0, 0.1) is 0 Å². The molecule has 0 bridgehead atoms. The summed E-state index contributed by atoms with van der Waals surface area (Å²) in [4.78, 5) is 11.2. The van der Waals surface area contributed by atoms with Gasteiger partial charge in [-0.15, -0.1) is 0 Å². The first-order valence-electron chi connectivity index (χ1n) is 3.73. The average Bonchev–Trinajstić information content (AvgIpc) is 2.04. The van der Waals surface area contributed by atoms with E-state index < -0.39 is 5.97 Å². The molecule has 1 atom stereocenters. The van der Waals surface area contributed by atoms with Gasteiger partial charge in [0.05, 0.1) is 6.17 Å². The van der Waals surface area contributed by atoms with Crippen LogP contribution in [0.15, 0.2) is 12.7 Å². The highest BCUT2D eigenvalue weighted by Gasteiger charge is 1.97. The lowest BCUT2D eigenvalue weighted by Crippen LogP contribution is -2.35. The Morgan fingerprint density at radius 2 is 2.08 bits per heavy atom. The zero-order valence-corrected chi connectivity index (χ0v) is 7.95. The number of nitrogens with zero attached hydrogens (tertiary/aromatic N) is 1. The van der Waals surface area contributed by atoms with Crippen molar-refractivity contribution in [3.05, 3.63) is 12.7 Å². The molecule has 0 saturated heterocycles. The van der Waals surface area contributed by atoms with E-state index in [1.54, 1.807) is 0 Å². The van der Waals surface area contributed by atoms with Crippen LogP contribution in [0.5, 0.6) is 0 Å². The molecule has 0 amide bonds. The molecule has 3 N–H and O–H groups in total. The van der Waals surface area contributed by atoms with Gasteiger partial charge in [-0.25, -0.2) is 4.79 Å². The second kappa shape index (κ2) is 8.23. The van der Waals surface area contributed by atoms with Gasteiger partial charge in [0.2, 0.25) is 0 Å². The van der Waals surface area contributed by atoms with Crippen molar-refractivity contribution >= 4 is 5.97 Å². The number of aliphatic carboxylic acids is 1. The van der Waals surface area contributed by atoms with Crippen LogP contribution in [0.2, 0.25) is 0 Å². The lowest BCUT2D eigenvalue weighted by Gasteiger charge is -2.16. The fourth-order valence-electron chi connectivity index (χ4n) is 0.365. The van der Waals surface area contributed by atoms with E-state index in [2.05, 4.69) is 13.5 Å². The molecule has 4 nitrogen and oxygen atoms in total. The predicted octanol–water partition coefficient (Wildman–Crippen LogP) is 0.500. The summed E-state index contributed by atoms with van der Waals surface area (Å²) in [5, 5.41) is 7.60. The highest BCUT2D eigenvalue weighted by Crippen LogP contribution is 1.86. The Labute approximate surface area is 73.7 Å². The van der Waals surface area contributed by atoms with Crippen molar-refractivity contribution < 1.29 is 9.90 Å². The Balaban J connectivity index is 0. The Kier molecular flexibility index (Phi) is 9.40. The van der Waals surface area contributed by atoms with E-state index in [1.165, 1.54) is 0 Å². The van der Waals surface area contributed by atoms with E-state index in [0.717, 1.165) is 12.5 Å². The Morgan fingerprint density at radius 1 is 1.75 bits per heavy atom. The van der Waals surface area contributed by atoms with E-state index >= 15 is 0 Å². The summed E-state index contributed by atoms with van der Waals surface area (Å²) < 4.78 is 0. The zero-order chi connectivity index (χ0) is 10.1. The Bertz CT molecular complexity index is 135. The van der Waals surface area contributed by atoms with Gasteiger partial charge >= 0.3 is 5.97 Å². The van der Waals surface area contributed by atoms with Gasteiger partial charge in [0.1, 0.15) is 0 Å². The minimum atomic E-state index is -0.981. The molecule has 12 heavy (non-hydrogen) atoms. The fraction of sp³-hybridized carbons (Fsp3) is 0.625. The number of nitrogens with two attached hydrogens (primary N) is 1. The topological polar surface area (TPSA) is 66.6 Å². The molecular weight excluding hydrogens is 156 g/mol. The summed E-state index contributed by atoms with van der Waals surface area (Å²) >= 11 is 0. The van der Waals surface area contributed by atoms with Gasteiger partial charge < -0.3 is 10.8 Å². The maximum atomic E-state index is 9.25. The molecule has 0 rings (SSSR count). The summed E-state index contributed by atoms with van der Waals surface area (Å²) in [7, 11) is 3.96. The molecule has 0 radical (unpaired) electrons. The van der Waals surface area contributed by atoms with Crippen LogP contribution in [0.3, 0.4) is 0 Å². The van der Waals surface area contributed by atoms with E-state index in [0.29, 0.717) is 0 Å². The highest BCUT2D eigenvalue weighted by molar-refractivity contribution is 5.78. The second-order valence-electron chi connectivity index (χ2n) is 2.48. The van der Waals surface area contributed by atoms with Crippen molar-refractivity contribution in [3.63, 3.8) is 0 Å². The first kappa shape index (κ1) is 13.7. The lowest BCUT2D eigenvalue weighted by molar-refractivity contribution is -0.131. The van der Waals surface area contributed by atoms with E-state index in [-0.39, 0.29) is 6.17 Å². The SMILES string of the molecule is C=CC(=O)O.CCC(N)N(C)C.